The highest BCUT2D eigenvalue weighted by molar-refractivity contribution is 5.98. The molecule has 3 heteroatoms. The van der Waals surface area contributed by atoms with Crippen molar-refractivity contribution in [3.05, 3.63) is 47.7 Å². The first-order valence-corrected chi connectivity index (χ1v) is 6.74. The van der Waals surface area contributed by atoms with Crippen LogP contribution in [0, 0.1) is 5.41 Å². The van der Waals surface area contributed by atoms with E-state index in [1.165, 1.54) is 0 Å². The molecule has 100 valence electrons. The zero-order chi connectivity index (χ0) is 13.6. The molecule has 19 heavy (non-hydrogen) atoms. The Labute approximate surface area is 113 Å². The van der Waals surface area contributed by atoms with Gasteiger partial charge in [0.25, 0.3) is 0 Å². The second-order valence-corrected chi connectivity index (χ2v) is 6.22. The first kappa shape index (κ1) is 12.3. The number of furan rings is 1. The number of hydrogen-bond acceptors (Lipinski definition) is 2. The minimum Gasteiger partial charge on any atom is -0.467 e. The number of carbonyl (C=O) groups excluding carboxylic acids is 1. The second-order valence-electron chi connectivity index (χ2n) is 6.22. The molecule has 3 nitrogen and oxygen atoms in total. The summed E-state index contributed by atoms with van der Waals surface area (Å²) in [6.45, 7) is 6.41. The molecule has 2 aromatic rings. The summed E-state index contributed by atoms with van der Waals surface area (Å²) in [6, 6.07) is 5.95. The lowest BCUT2D eigenvalue weighted by Gasteiger charge is -2.30. The van der Waals surface area contributed by atoms with Gasteiger partial charge in [-0.2, -0.15) is 0 Å². The molecular weight excluding hydrogens is 238 g/mol. The van der Waals surface area contributed by atoms with Crippen molar-refractivity contribution in [2.75, 3.05) is 0 Å². The molecule has 0 amide bonds. The number of ketones is 1. The van der Waals surface area contributed by atoms with Crippen LogP contribution in [-0.4, -0.2) is 10.4 Å². The Balaban J connectivity index is 2.04. The van der Waals surface area contributed by atoms with Crippen LogP contribution in [0.5, 0.6) is 0 Å². The fraction of sp³-hybridized carbons (Fsp3) is 0.438. The van der Waals surface area contributed by atoms with Crippen LogP contribution in [-0.2, 0) is 6.42 Å². The Morgan fingerprint density at radius 1 is 1.32 bits per heavy atom. The molecule has 2 heterocycles. The molecule has 1 aliphatic rings. The van der Waals surface area contributed by atoms with Gasteiger partial charge in [-0.05, 0) is 37.0 Å². The molecule has 2 aromatic heterocycles. The van der Waals surface area contributed by atoms with Gasteiger partial charge in [-0.3, -0.25) is 4.79 Å². The summed E-state index contributed by atoms with van der Waals surface area (Å²) in [7, 11) is 0. The average Bonchev–Trinajstić information content (AvgIpc) is 2.94. The summed E-state index contributed by atoms with van der Waals surface area (Å²) >= 11 is 0. The minimum absolute atomic E-state index is 0.0447. The summed E-state index contributed by atoms with van der Waals surface area (Å²) in [5.74, 6) is 1.19. The summed E-state index contributed by atoms with van der Waals surface area (Å²) < 4.78 is 7.66. The van der Waals surface area contributed by atoms with Crippen LogP contribution < -0.4 is 0 Å². The fourth-order valence-corrected chi connectivity index (χ4v) is 3.00. The van der Waals surface area contributed by atoms with Crippen molar-refractivity contribution < 1.29 is 9.21 Å². The van der Waals surface area contributed by atoms with Crippen molar-refractivity contribution in [1.29, 1.82) is 0 Å². The van der Waals surface area contributed by atoms with Gasteiger partial charge in [-0.15, -0.1) is 0 Å². The maximum absolute atomic E-state index is 12.2. The first-order chi connectivity index (χ1) is 8.98. The largest absolute Gasteiger partial charge is 0.467 e. The zero-order valence-electron chi connectivity index (χ0n) is 11.6. The SMILES string of the molecule is CC(c1ccco1)n1ccc2c1CC(C)(C)CC2=O. The van der Waals surface area contributed by atoms with Crippen LogP contribution in [0.4, 0.5) is 0 Å². The Hall–Kier alpha value is -1.77. The van der Waals surface area contributed by atoms with Crippen molar-refractivity contribution >= 4 is 5.78 Å². The summed E-state index contributed by atoms with van der Waals surface area (Å²) in [6.07, 6.45) is 5.28. The number of nitrogens with zero attached hydrogens (tertiary/aromatic N) is 1. The highest BCUT2D eigenvalue weighted by atomic mass is 16.3. The highest BCUT2D eigenvalue weighted by Gasteiger charge is 2.33. The Bertz CT molecular complexity index is 605. The molecule has 0 fully saturated rings. The molecule has 0 saturated carbocycles. The van der Waals surface area contributed by atoms with Crippen molar-refractivity contribution in [2.45, 2.75) is 39.7 Å². The van der Waals surface area contributed by atoms with E-state index in [1.807, 2.05) is 24.4 Å². The predicted molar refractivity (Wildman–Crippen MR) is 73.4 cm³/mol. The third-order valence-corrected chi connectivity index (χ3v) is 3.98. The van der Waals surface area contributed by atoms with Crippen LogP contribution >= 0.6 is 0 Å². The number of carbonyl (C=O) groups is 1. The second kappa shape index (κ2) is 4.12. The molecule has 0 radical (unpaired) electrons. The number of fused-ring (bicyclic) bond motifs is 1. The van der Waals surface area contributed by atoms with E-state index in [1.54, 1.807) is 6.26 Å². The van der Waals surface area contributed by atoms with E-state index in [4.69, 9.17) is 4.42 Å². The van der Waals surface area contributed by atoms with E-state index in [0.717, 1.165) is 23.4 Å². The number of hydrogen-bond donors (Lipinski definition) is 0. The van der Waals surface area contributed by atoms with Gasteiger partial charge in [0.2, 0.25) is 0 Å². The third kappa shape index (κ3) is 2.03. The standard InChI is InChI=1S/C16H19NO2/c1-11(15-5-4-8-19-15)17-7-6-12-13(17)9-16(2,3)10-14(12)18/h4-8,11H,9-10H2,1-3H3. The molecule has 0 aromatic carbocycles. The van der Waals surface area contributed by atoms with Crippen LogP contribution in [0.25, 0.3) is 0 Å². The van der Waals surface area contributed by atoms with Gasteiger partial charge >= 0.3 is 0 Å². The van der Waals surface area contributed by atoms with Gasteiger partial charge in [0.1, 0.15) is 5.76 Å². The molecule has 0 saturated heterocycles. The van der Waals surface area contributed by atoms with Gasteiger partial charge < -0.3 is 8.98 Å². The fourth-order valence-electron chi connectivity index (χ4n) is 3.00. The molecule has 1 aliphatic carbocycles. The Morgan fingerprint density at radius 2 is 2.11 bits per heavy atom. The third-order valence-electron chi connectivity index (χ3n) is 3.98. The molecule has 1 unspecified atom stereocenters. The number of aromatic nitrogens is 1. The van der Waals surface area contributed by atoms with Gasteiger partial charge in [0, 0.05) is 23.9 Å². The predicted octanol–water partition coefficient (Wildman–Crippen LogP) is 3.85. The van der Waals surface area contributed by atoms with Crippen LogP contribution in [0.3, 0.4) is 0 Å². The van der Waals surface area contributed by atoms with E-state index in [2.05, 4.69) is 25.3 Å². The van der Waals surface area contributed by atoms with Crippen molar-refractivity contribution in [2.24, 2.45) is 5.41 Å². The van der Waals surface area contributed by atoms with E-state index in [0.29, 0.717) is 6.42 Å². The van der Waals surface area contributed by atoms with Gasteiger partial charge in [0.15, 0.2) is 5.78 Å². The smallest absolute Gasteiger partial charge is 0.165 e. The molecule has 0 aliphatic heterocycles. The summed E-state index contributed by atoms with van der Waals surface area (Å²) in [5.41, 5.74) is 2.08. The molecule has 1 atom stereocenters. The van der Waals surface area contributed by atoms with Crippen LogP contribution in [0.1, 0.15) is 55.0 Å². The maximum Gasteiger partial charge on any atom is 0.165 e. The quantitative estimate of drug-likeness (QED) is 0.819. The van der Waals surface area contributed by atoms with Gasteiger partial charge in [-0.1, -0.05) is 13.8 Å². The average molecular weight is 257 g/mol. The van der Waals surface area contributed by atoms with Crippen molar-refractivity contribution in [1.82, 2.24) is 4.57 Å². The highest BCUT2D eigenvalue weighted by Crippen LogP contribution is 2.37. The summed E-state index contributed by atoms with van der Waals surface area (Å²) in [5, 5.41) is 0. The van der Waals surface area contributed by atoms with E-state index < -0.39 is 0 Å². The monoisotopic (exact) mass is 257 g/mol. The van der Waals surface area contributed by atoms with Gasteiger partial charge in [-0.25, -0.2) is 0 Å². The lowest BCUT2D eigenvalue weighted by molar-refractivity contribution is 0.0909. The normalized spacial score (nSPS) is 19.2. The lowest BCUT2D eigenvalue weighted by atomic mass is 9.76. The molecular formula is C16H19NO2. The number of Topliss-reactive ketones (excluding diaryl/α,β-unsaturated/α-hetero) is 1. The van der Waals surface area contributed by atoms with Crippen LogP contribution in [0.15, 0.2) is 35.1 Å². The molecule has 0 bridgehead atoms. The topological polar surface area (TPSA) is 35.1 Å². The van der Waals surface area contributed by atoms with Gasteiger partial charge in [0.05, 0.1) is 12.3 Å². The Kier molecular flexibility index (Phi) is 2.66. The van der Waals surface area contributed by atoms with E-state index >= 15 is 0 Å². The molecule has 0 spiro atoms. The first-order valence-electron chi connectivity index (χ1n) is 6.74. The van der Waals surface area contributed by atoms with Crippen molar-refractivity contribution in [3.8, 4) is 0 Å². The van der Waals surface area contributed by atoms with Crippen molar-refractivity contribution in [3.63, 3.8) is 0 Å². The summed E-state index contributed by atoms with van der Waals surface area (Å²) in [4.78, 5) is 12.2. The number of rotatable bonds is 2. The lowest BCUT2D eigenvalue weighted by Crippen LogP contribution is -2.28. The molecule has 3 rings (SSSR count). The minimum atomic E-state index is 0.0447. The molecule has 0 N–H and O–H groups in total. The zero-order valence-corrected chi connectivity index (χ0v) is 11.6. The maximum atomic E-state index is 12.2. The Morgan fingerprint density at radius 3 is 2.79 bits per heavy atom. The van der Waals surface area contributed by atoms with E-state index in [-0.39, 0.29) is 17.2 Å². The van der Waals surface area contributed by atoms with Crippen LogP contribution in [0.2, 0.25) is 0 Å². The van der Waals surface area contributed by atoms with E-state index in [9.17, 15) is 4.79 Å².